The average molecular weight is 376 g/mol. The molecule has 0 saturated carbocycles. The Morgan fingerprint density at radius 1 is 1.19 bits per heavy atom. The summed E-state index contributed by atoms with van der Waals surface area (Å²) in [6, 6.07) is 11.3. The zero-order chi connectivity index (χ0) is 18.5. The summed E-state index contributed by atoms with van der Waals surface area (Å²) in [6.45, 7) is 2.03. The molecule has 1 heterocycles. The summed E-state index contributed by atoms with van der Waals surface area (Å²) in [5.41, 5.74) is 1.58. The molecule has 1 N–H and O–H groups in total. The molecule has 1 aromatic heterocycles. The van der Waals surface area contributed by atoms with Gasteiger partial charge in [0.1, 0.15) is 23.9 Å². The normalized spacial score (nSPS) is 10.6. The molecule has 6 nitrogen and oxygen atoms in total. The average Bonchev–Trinajstić information content (AvgIpc) is 3.11. The molecule has 0 unspecified atom stereocenters. The second-order valence-corrected chi connectivity index (χ2v) is 5.73. The third-order valence-corrected chi connectivity index (χ3v) is 3.79. The lowest BCUT2D eigenvalue weighted by molar-refractivity contribution is 0.0520. The minimum atomic E-state index is -0.546. The number of benzene rings is 2. The van der Waals surface area contributed by atoms with Crippen LogP contribution in [0.3, 0.4) is 0 Å². The van der Waals surface area contributed by atoms with Crippen molar-refractivity contribution in [3.63, 3.8) is 0 Å². The molecule has 0 bridgehead atoms. The lowest BCUT2D eigenvalue weighted by Gasteiger charge is -2.08. The predicted molar refractivity (Wildman–Crippen MR) is 93.5 cm³/mol. The molecule has 0 saturated heterocycles. The summed E-state index contributed by atoms with van der Waals surface area (Å²) in [5, 5.41) is 10.6. The van der Waals surface area contributed by atoms with Crippen LogP contribution in [0.1, 0.15) is 23.0 Å². The highest BCUT2D eigenvalue weighted by molar-refractivity contribution is 6.30. The minimum absolute atomic E-state index is 0.0698. The second-order valence-electron chi connectivity index (χ2n) is 5.29. The van der Waals surface area contributed by atoms with Crippen molar-refractivity contribution >= 4 is 17.6 Å². The molecule has 8 heteroatoms. The van der Waals surface area contributed by atoms with Crippen LogP contribution >= 0.6 is 11.6 Å². The summed E-state index contributed by atoms with van der Waals surface area (Å²) in [7, 11) is 0. The van der Waals surface area contributed by atoms with E-state index >= 15 is 0 Å². The molecule has 0 fully saturated rings. The van der Waals surface area contributed by atoms with Crippen molar-refractivity contribution in [2.24, 2.45) is 0 Å². The van der Waals surface area contributed by atoms with Crippen molar-refractivity contribution in [2.75, 3.05) is 6.61 Å². The number of esters is 1. The number of carbonyl (C=O) groups excluding carboxylic acids is 1. The minimum Gasteiger partial charge on any atom is -0.489 e. The van der Waals surface area contributed by atoms with E-state index in [9.17, 15) is 9.18 Å². The number of aromatic nitrogens is 3. The van der Waals surface area contributed by atoms with E-state index in [2.05, 4.69) is 15.4 Å². The Bertz CT molecular complexity index is 912. The van der Waals surface area contributed by atoms with Crippen molar-refractivity contribution in [1.82, 2.24) is 15.4 Å². The molecule has 0 atom stereocenters. The fraction of sp³-hybridized carbons (Fsp3) is 0.167. The molecule has 0 spiro atoms. The maximum atomic E-state index is 13.8. The molecule has 3 rings (SSSR count). The molecule has 0 amide bonds. The van der Waals surface area contributed by atoms with E-state index in [0.29, 0.717) is 27.6 Å². The molecule has 26 heavy (non-hydrogen) atoms. The monoisotopic (exact) mass is 375 g/mol. The fourth-order valence-corrected chi connectivity index (χ4v) is 2.44. The van der Waals surface area contributed by atoms with Crippen molar-refractivity contribution in [3.05, 3.63) is 64.6 Å². The Morgan fingerprint density at radius 2 is 1.96 bits per heavy atom. The first kappa shape index (κ1) is 17.9. The Hall–Kier alpha value is -2.93. The van der Waals surface area contributed by atoms with E-state index in [1.165, 1.54) is 6.07 Å². The number of hydrogen-bond acceptors (Lipinski definition) is 5. The van der Waals surface area contributed by atoms with E-state index < -0.39 is 11.8 Å². The molecule has 0 aliphatic heterocycles. The summed E-state index contributed by atoms with van der Waals surface area (Å²) >= 11 is 5.73. The van der Waals surface area contributed by atoms with Crippen LogP contribution in [0.25, 0.3) is 11.3 Å². The van der Waals surface area contributed by atoms with Crippen molar-refractivity contribution in [1.29, 1.82) is 0 Å². The number of nitrogens with zero attached hydrogens (tertiary/aromatic N) is 2. The lowest BCUT2D eigenvalue weighted by Crippen LogP contribution is -2.06. The van der Waals surface area contributed by atoms with Crippen LogP contribution in [0.5, 0.6) is 5.75 Å². The van der Waals surface area contributed by atoms with Gasteiger partial charge in [0.05, 0.1) is 6.61 Å². The van der Waals surface area contributed by atoms with Crippen LogP contribution in [0.4, 0.5) is 4.39 Å². The molecule has 2 aromatic carbocycles. The quantitative estimate of drug-likeness (QED) is 0.658. The van der Waals surface area contributed by atoms with Crippen LogP contribution in [0, 0.1) is 5.82 Å². The molecule has 0 aliphatic rings. The topological polar surface area (TPSA) is 77.1 Å². The number of carbonyl (C=O) groups is 1. The van der Waals surface area contributed by atoms with Gasteiger partial charge in [-0.2, -0.15) is 10.3 Å². The van der Waals surface area contributed by atoms with Crippen molar-refractivity contribution in [3.8, 4) is 17.0 Å². The van der Waals surface area contributed by atoms with Gasteiger partial charge in [0.15, 0.2) is 5.69 Å². The van der Waals surface area contributed by atoms with Gasteiger partial charge in [-0.25, -0.2) is 9.18 Å². The third-order valence-electron chi connectivity index (χ3n) is 3.55. The smallest absolute Gasteiger partial charge is 0.361 e. The number of halogens is 2. The van der Waals surface area contributed by atoms with Gasteiger partial charge in [-0.1, -0.05) is 17.7 Å². The summed E-state index contributed by atoms with van der Waals surface area (Å²) in [5.74, 6) is -0.421. The van der Waals surface area contributed by atoms with Crippen molar-refractivity contribution in [2.45, 2.75) is 13.5 Å². The maximum absolute atomic E-state index is 13.8. The Morgan fingerprint density at radius 3 is 2.65 bits per heavy atom. The van der Waals surface area contributed by atoms with Gasteiger partial charge in [0.2, 0.25) is 0 Å². The second kappa shape index (κ2) is 7.97. The van der Waals surface area contributed by atoms with Gasteiger partial charge in [0.25, 0.3) is 0 Å². The van der Waals surface area contributed by atoms with Gasteiger partial charge in [-0.15, -0.1) is 5.10 Å². The van der Waals surface area contributed by atoms with Gasteiger partial charge >= 0.3 is 5.97 Å². The van der Waals surface area contributed by atoms with E-state index in [1.807, 2.05) is 0 Å². The number of nitrogens with one attached hydrogen (secondary N) is 1. The number of rotatable bonds is 6. The standard InChI is InChI=1S/C18H15ClFN3O3/c1-2-25-18(24)17-16(21-23-22-17)11-4-7-14(8-5-11)26-10-12-3-6-13(19)9-15(12)20/h3-9H,2,10H2,1H3,(H,21,22,23). The third kappa shape index (κ3) is 4.00. The highest BCUT2D eigenvalue weighted by atomic mass is 35.5. The number of ether oxygens (including phenoxy) is 2. The molecular formula is C18H15ClFN3O3. The van der Waals surface area contributed by atoms with Crippen LogP contribution in [-0.4, -0.2) is 28.0 Å². The van der Waals surface area contributed by atoms with Crippen LogP contribution in [-0.2, 0) is 11.3 Å². The lowest BCUT2D eigenvalue weighted by atomic mass is 10.1. The molecule has 3 aromatic rings. The SMILES string of the molecule is CCOC(=O)c1n[nH]nc1-c1ccc(OCc2ccc(Cl)cc2F)cc1. The Balaban J connectivity index is 1.71. The molecule has 134 valence electrons. The highest BCUT2D eigenvalue weighted by Crippen LogP contribution is 2.24. The summed E-state index contributed by atoms with van der Waals surface area (Å²) < 4.78 is 24.3. The van der Waals surface area contributed by atoms with E-state index in [4.69, 9.17) is 21.1 Å². The van der Waals surface area contributed by atoms with Gasteiger partial charge in [-0.05, 0) is 43.3 Å². The molecule has 0 aliphatic carbocycles. The number of H-pyrrole nitrogens is 1. The van der Waals surface area contributed by atoms with Crippen molar-refractivity contribution < 1.29 is 18.7 Å². The van der Waals surface area contributed by atoms with E-state index in [0.717, 1.165) is 0 Å². The number of aromatic amines is 1. The Labute approximate surface area is 153 Å². The zero-order valence-electron chi connectivity index (χ0n) is 13.8. The number of hydrogen-bond donors (Lipinski definition) is 1. The van der Waals surface area contributed by atoms with Crippen LogP contribution < -0.4 is 4.74 Å². The zero-order valence-corrected chi connectivity index (χ0v) is 14.6. The Kier molecular flexibility index (Phi) is 5.48. The first-order valence-electron chi connectivity index (χ1n) is 7.83. The van der Waals surface area contributed by atoms with Gasteiger partial charge in [0, 0.05) is 16.1 Å². The molecule has 0 radical (unpaired) electrons. The van der Waals surface area contributed by atoms with Gasteiger partial charge < -0.3 is 9.47 Å². The summed E-state index contributed by atoms with van der Waals surface area (Å²) in [4.78, 5) is 11.9. The highest BCUT2D eigenvalue weighted by Gasteiger charge is 2.18. The van der Waals surface area contributed by atoms with Crippen LogP contribution in [0.15, 0.2) is 42.5 Å². The van der Waals surface area contributed by atoms with Gasteiger partial charge in [-0.3, -0.25) is 0 Å². The van der Waals surface area contributed by atoms with E-state index in [-0.39, 0.29) is 18.9 Å². The molecular weight excluding hydrogens is 361 g/mol. The predicted octanol–water partition coefficient (Wildman–Crippen LogP) is 4.02. The fourth-order valence-electron chi connectivity index (χ4n) is 2.28. The summed E-state index contributed by atoms with van der Waals surface area (Å²) in [6.07, 6.45) is 0. The maximum Gasteiger partial charge on any atom is 0.361 e. The van der Waals surface area contributed by atoms with Crippen LogP contribution in [0.2, 0.25) is 5.02 Å². The van der Waals surface area contributed by atoms with E-state index in [1.54, 1.807) is 43.3 Å². The first-order valence-corrected chi connectivity index (χ1v) is 8.21. The largest absolute Gasteiger partial charge is 0.489 e. The first-order chi connectivity index (χ1) is 12.6.